The van der Waals surface area contributed by atoms with Crippen LogP contribution >= 0.6 is 0 Å². The molecule has 0 saturated carbocycles. The molecule has 6 heteroatoms. The molecule has 0 radical (unpaired) electrons. The van der Waals surface area contributed by atoms with Crippen LogP contribution in [0.25, 0.3) is 0 Å². The maximum Gasteiger partial charge on any atom is 0.573 e. The fraction of sp³-hybridized carbons (Fsp3) is 0.200. The zero-order valence-electron chi connectivity index (χ0n) is 11.2. The van der Waals surface area contributed by atoms with Crippen LogP contribution in [0.5, 0.6) is 5.75 Å². The lowest BCUT2D eigenvalue weighted by atomic mass is 10.1. The summed E-state index contributed by atoms with van der Waals surface area (Å²) in [6, 6.07) is 11.0. The van der Waals surface area contributed by atoms with Crippen molar-refractivity contribution >= 4 is 5.69 Å². The molecule has 0 aromatic heterocycles. The van der Waals surface area contributed by atoms with E-state index < -0.39 is 17.9 Å². The highest BCUT2D eigenvalue weighted by molar-refractivity contribution is 5.47. The zero-order chi connectivity index (χ0) is 15.5. The summed E-state index contributed by atoms with van der Waals surface area (Å²) >= 11 is 0. The van der Waals surface area contributed by atoms with Crippen LogP contribution in [0, 0.1) is 12.7 Å². The Morgan fingerprint density at radius 1 is 1.10 bits per heavy atom. The topological polar surface area (TPSA) is 21.3 Å². The highest BCUT2D eigenvalue weighted by atomic mass is 19.4. The summed E-state index contributed by atoms with van der Waals surface area (Å²) in [7, 11) is 0. The molecule has 0 aliphatic carbocycles. The Labute approximate surface area is 119 Å². The van der Waals surface area contributed by atoms with Gasteiger partial charge in [0.15, 0.2) is 11.6 Å². The van der Waals surface area contributed by atoms with Gasteiger partial charge < -0.3 is 10.1 Å². The number of halogens is 4. The van der Waals surface area contributed by atoms with Gasteiger partial charge in [-0.3, -0.25) is 0 Å². The van der Waals surface area contributed by atoms with Crippen LogP contribution in [-0.2, 0) is 6.54 Å². The van der Waals surface area contributed by atoms with Crippen LogP contribution in [0.3, 0.4) is 0 Å². The molecule has 2 nitrogen and oxygen atoms in total. The highest BCUT2D eigenvalue weighted by Crippen LogP contribution is 2.27. The van der Waals surface area contributed by atoms with Crippen LogP contribution in [0.1, 0.15) is 11.1 Å². The van der Waals surface area contributed by atoms with Gasteiger partial charge in [0.2, 0.25) is 0 Å². The van der Waals surface area contributed by atoms with Crippen molar-refractivity contribution < 1.29 is 22.3 Å². The maximum atomic E-state index is 13.5. The number of aryl methyl sites for hydroxylation is 1. The second-order valence-electron chi connectivity index (χ2n) is 4.54. The smallest absolute Gasteiger partial charge is 0.403 e. The van der Waals surface area contributed by atoms with Crippen LogP contribution in [0.15, 0.2) is 42.5 Å². The van der Waals surface area contributed by atoms with Crippen molar-refractivity contribution in [2.24, 2.45) is 0 Å². The van der Waals surface area contributed by atoms with Crippen LogP contribution < -0.4 is 10.1 Å². The molecule has 0 heterocycles. The second kappa shape index (κ2) is 6.03. The number of hydrogen-bond acceptors (Lipinski definition) is 2. The lowest BCUT2D eigenvalue weighted by molar-refractivity contribution is -0.275. The molecule has 0 amide bonds. The Morgan fingerprint density at radius 2 is 1.86 bits per heavy atom. The van der Waals surface area contributed by atoms with Crippen molar-refractivity contribution in [2.45, 2.75) is 19.8 Å². The molecule has 1 N–H and O–H groups in total. The number of ether oxygens (including phenoxy) is 1. The van der Waals surface area contributed by atoms with Crippen LogP contribution in [0.2, 0.25) is 0 Å². The van der Waals surface area contributed by atoms with E-state index in [2.05, 4.69) is 10.1 Å². The molecule has 0 unspecified atom stereocenters. The quantitative estimate of drug-likeness (QED) is 0.830. The average Bonchev–Trinajstić information content (AvgIpc) is 2.38. The first-order valence-corrected chi connectivity index (χ1v) is 6.18. The van der Waals surface area contributed by atoms with Crippen molar-refractivity contribution in [3.63, 3.8) is 0 Å². The van der Waals surface area contributed by atoms with Crippen LogP contribution in [-0.4, -0.2) is 6.36 Å². The minimum absolute atomic E-state index is 0.378. The van der Waals surface area contributed by atoms with E-state index in [1.54, 1.807) is 0 Å². The van der Waals surface area contributed by atoms with Gasteiger partial charge in [0.25, 0.3) is 0 Å². The van der Waals surface area contributed by atoms with Crippen LogP contribution in [0.4, 0.5) is 23.2 Å². The highest BCUT2D eigenvalue weighted by Gasteiger charge is 2.32. The minimum Gasteiger partial charge on any atom is -0.403 e. The molecule has 0 saturated heterocycles. The fourth-order valence-corrected chi connectivity index (χ4v) is 1.84. The molecule has 0 aliphatic heterocycles. The molecule has 0 spiro atoms. The number of rotatable bonds is 4. The van der Waals surface area contributed by atoms with E-state index >= 15 is 0 Å². The molecular formula is C15H13F4NO. The Morgan fingerprint density at radius 3 is 2.48 bits per heavy atom. The summed E-state index contributed by atoms with van der Waals surface area (Å²) in [6.07, 6.45) is -4.91. The first-order chi connectivity index (χ1) is 9.83. The summed E-state index contributed by atoms with van der Waals surface area (Å²) in [5.74, 6) is -1.91. The molecule has 0 bridgehead atoms. The summed E-state index contributed by atoms with van der Waals surface area (Å²) in [6.45, 7) is 2.40. The summed E-state index contributed by atoms with van der Waals surface area (Å²) in [4.78, 5) is 0. The number of hydrogen-bond donors (Lipinski definition) is 1. The predicted molar refractivity (Wildman–Crippen MR) is 71.6 cm³/mol. The van der Waals surface area contributed by atoms with Gasteiger partial charge in [-0.25, -0.2) is 4.39 Å². The van der Waals surface area contributed by atoms with E-state index in [1.165, 1.54) is 6.07 Å². The zero-order valence-corrected chi connectivity index (χ0v) is 11.2. The molecule has 112 valence electrons. The van der Waals surface area contributed by atoms with E-state index in [0.717, 1.165) is 23.3 Å². The monoisotopic (exact) mass is 299 g/mol. The summed E-state index contributed by atoms with van der Waals surface area (Å²) in [5, 5.41) is 2.94. The molecule has 0 atom stereocenters. The second-order valence-corrected chi connectivity index (χ2v) is 4.54. The van der Waals surface area contributed by atoms with Crippen molar-refractivity contribution in [1.29, 1.82) is 0 Å². The first kappa shape index (κ1) is 15.2. The Kier molecular flexibility index (Phi) is 4.35. The van der Waals surface area contributed by atoms with Gasteiger partial charge in [-0.2, -0.15) is 0 Å². The van der Waals surface area contributed by atoms with Gasteiger partial charge in [-0.05, 0) is 24.6 Å². The summed E-state index contributed by atoms with van der Waals surface area (Å²) in [5.41, 5.74) is 2.46. The average molecular weight is 299 g/mol. The molecule has 0 aliphatic rings. The third-order valence-electron chi connectivity index (χ3n) is 2.74. The lowest BCUT2D eigenvalue weighted by Crippen LogP contribution is -2.18. The fourth-order valence-electron chi connectivity index (χ4n) is 1.84. The lowest BCUT2D eigenvalue weighted by Gasteiger charge is -2.12. The van der Waals surface area contributed by atoms with E-state index in [-0.39, 0.29) is 0 Å². The van der Waals surface area contributed by atoms with Crippen molar-refractivity contribution in [1.82, 2.24) is 0 Å². The normalized spacial score (nSPS) is 11.3. The third kappa shape index (κ3) is 4.66. The van der Waals surface area contributed by atoms with E-state index in [9.17, 15) is 17.6 Å². The Bertz CT molecular complexity index is 625. The van der Waals surface area contributed by atoms with Gasteiger partial charge in [0.1, 0.15) is 0 Å². The number of nitrogens with one attached hydrogen (secondary N) is 1. The minimum atomic E-state index is -4.91. The van der Waals surface area contributed by atoms with Crippen molar-refractivity contribution in [3.8, 4) is 5.75 Å². The maximum absolute atomic E-state index is 13.5. The molecular weight excluding hydrogens is 286 g/mol. The van der Waals surface area contributed by atoms with Gasteiger partial charge >= 0.3 is 6.36 Å². The molecule has 0 fully saturated rings. The third-order valence-corrected chi connectivity index (χ3v) is 2.74. The Hall–Kier alpha value is -2.24. The van der Waals surface area contributed by atoms with E-state index in [4.69, 9.17) is 0 Å². The van der Waals surface area contributed by atoms with Crippen molar-refractivity contribution in [3.05, 3.63) is 59.4 Å². The molecule has 2 rings (SSSR count). The van der Waals surface area contributed by atoms with E-state index in [1.807, 2.05) is 31.2 Å². The van der Waals surface area contributed by atoms with Crippen molar-refractivity contribution in [2.75, 3.05) is 5.32 Å². The number of anilines is 1. The first-order valence-electron chi connectivity index (χ1n) is 6.18. The standard InChI is InChI=1S/C15H13F4NO/c1-10-3-2-4-11(7-10)9-20-12-5-6-14(13(16)8-12)21-15(17,18)19/h2-8,20H,9H2,1H3. The Balaban J connectivity index is 2.03. The van der Waals surface area contributed by atoms with Gasteiger partial charge in [0.05, 0.1) is 0 Å². The van der Waals surface area contributed by atoms with E-state index in [0.29, 0.717) is 12.2 Å². The summed E-state index contributed by atoms with van der Waals surface area (Å²) < 4.78 is 53.1. The van der Waals surface area contributed by atoms with Gasteiger partial charge in [-0.15, -0.1) is 13.2 Å². The molecule has 2 aromatic carbocycles. The largest absolute Gasteiger partial charge is 0.573 e. The number of alkyl halides is 3. The molecule has 2 aromatic rings. The number of benzene rings is 2. The SMILES string of the molecule is Cc1cccc(CNc2ccc(OC(F)(F)F)c(F)c2)c1. The predicted octanol–water partition coefficient (Wildman–Crippen LogP) is 4.64. The van der Waals surface area contributed by atoms with Gasteiger partial charge in [0, 0.05) is 18.3 Å². The van der Waals surface area contributed by atoms with Gasteiger partial charge in [-0.1, -0.05) is 29.8 Å². The molecule has 21 heavy (non-hydrogen) atoms.